The number of hydrogen-bond donors (Lipinski definition) is 0. The van der Waals surface area contributed by atoms with E-state index in [4.69, 9.17) is 0 Å². The van der Waals surface area contributed by atoms with Gasteiger partial charge >= 0.3 is 6.18 Å². The summed E-state index contributed by atoms with van der Waals surface area (Å²) in [5, 5.41) is 0. The van der Waals surface area contributed by atoms with Gasteiger partial charge in [-0.2, -0.15) is 13.2 Å². The molecular weight excluding hydrogens is 339 g/mol. The molecule has 2 saturated carbocycles. The second kappa shape index (κ2) is 6.99. The topological polar surface area (TPSA) is 20.3 Å². The molecule has 1 aliphatic heterocycles. The molecule has 0 spiro atoms. The fourth-order valence-corrected chi connectivity index (χ4v) is 4.88. The van der Waals surface area contributed by atoms with Gasteiger partial charge in [0.2, 0.25) is 0 Å². The van der Waals surface area contributed by atoms with E-state index in [9.17, 15) is 18.0 Å². The highest BCUT2D eigenvalue weighted by molar-refractivity contribution is 5.98. The number of hydrogen-bond acceptors (Lipinski definition) is 2. The van der Waals surface area contributed by atoms with E-state index in [1.54, 1.807) is 0 Å². The fraction of sp³-hybridized carbons (Fsp3) is 0.667. The zero-order valence-electron chi connectivity index (χ0n) is 15.0. The van der Waals surface area contributed by atoms with Crippen LogP contribution in [0.1, 0.15) is 78.8 Å². The van der Waals surface area contributed by atoms with Crippen LogP contribution in [0.5, 0.6) is 0 Å². The van der Waals surface area contributed by atoms with Crippen LogP contribution in [-0.4, -0.2) is 29.8 Å². The van der Waals surface area contributed by atoms with Crippen molar-refractivity contribution in [1.29, 1.82) is 0 Å². The maximum absolute atomic E-state index is 13.0. The minimum atomic E-state index is -4.35. The third kappa shape index (κ3) is 3.68. The Labute approximate surface area is 152 Å². The number of likely N-dealkylation sites (tertiary alicyclic amines) is 1. The number of benzene rings is 1. The second-order valence-corrected chi connectivity index (χ2v) is 8.20. The van der Waals surface area contributed by atoms with Crippen LogP contribution in [0.2, 0.25) is 0 Å². The minimum absolute atomic E-state index is 0.0386. The summed E-state index contributed by atoms with van der Waals surface area (Å²) in [6, 6.07) is 4.21. The standard InChI is InChI=1S/C21H26F3NO/c22-21(23,24)16-8-9-17(18(13-16)14-6-7-14)20(26)12-15-4-3-5-19(15)25-10-1-2-11-25/h8-9,13-15,19H,1-7,10-12H2/t15-,19-/m1/s1. The minimum Gasteiger partial charge on any atom is -0.300 e. The van der Waals surface area contributed by atoms with E-state index in [0.29, 0.717) is 29.5 Å². The Hall–Kier alpha value is -1.36. The molecule has 2 aliphatic carbocycles. The Morgan fingerprint density at radius 1 is 1.04 bits per heavy atom. The largest absolute Gasteiger partial charge is 0.416 e. The van der Waals surface area contributed by atoms with Crippen molar-refractivity contribution in [3.05, 3.63) is 34.9 Å². The summed E-state index contributed by atoms with van der Waals surface area (Å²) in [7, 11) is 0. The molecule has 2 atom stereocenters. The molecule has 0 unspecified atom stereocenters. The molecule has 1 heterocycles. The molecule has 3 fully saturated rings. The molecule has 1 aromatic rings. The molecule has 0 aromatic heterocycles. The molecule has 4 rings (SSSR count). The first-order chi connectivity index (χ1) is 12.4. The zero-order valence-corrected chi connectivity index (χ0v) is 15.0. The molecular formula is C21H26F3NO. The van der Waals surface area contributed by atoms with Crippen LogP contribution in [0.4, 0.5) is 13.2 Å². The monoisotopic (exact) mass is 365 g/mol. The first-order valence-electron chi connectivity index (χ1n) is 9.92. The van der Waals surface area contributed by atoms with Crippen LogP contribution in [0.3, 0.4) is 0 Å². The van der Waals surface area contributed by atoms with E-state index in [2.05, 4.69) is 4.90 Å². The predicted molar refractivity (Wildman–Crippen MR) is 94.3 cm³/mol. The Bertz CT molecular complexity index is 674. The van der Waals surface area contributed by atoms with Crippen LogP contribution >= 0.6 is 0 Å². The van der Waals surface area contributed by atoms with Gasteiger partial charge in [-0.3, -0.25) is 4.79 Å². The quantitative estimate of drug-likeness (QED) is 0.650. The van der Waals surface area contributed by atoms with Crippen LogP contribution in [0, 0.1) is 5.92 Å². The highest BCUT2D eigenvalue weighted by Gasteiger charge is 2.37. The maximum Gasteiger partial charge on any atom is 0.416 e. The van der Waals surface area contributed by atoms with Crippen molar-refractivity contribution in [1.82, 2.24) is 4.90 Å². The van der Waals surface area contributed by atoms with Crippen molar-refractivity contribution < 1.29 is 18.0 Å². The number of carbonyl (C=O) groups is 1. The average molecular weight is 365 g/mol. The molecule has 142 valence electrons. The molecule has 0 N–H and O–H groups in total. The molecule has 26 heavy (non-hydrogen) atoms. The Kier molecular flexibility index (Phi) is 4.84. The van der Waals surface area contributed by atoms with E-state index in [-0.39, 0.29) is 11.7 Å². The van der Waals surface area contributed by atoms with Crippen molar-refractivity contribution in [3.8, 4) is 0 Å². The molecule has 1 aromatic carbocycles. The summed E-state index contributed by atoms with van der Waals surface area (Å²) < 4.78 is 39.1. The number of carbonyl (C=O) groups excluding carboxylic acids is 1. The number of rotatable bonds is 5. The number of halogens is 3. The van der Waals surface area contributed by atoms with Gasteiger partial charge in [-0.1, -0.05) is 12.5 Å². The lowest BCUT2D eigenvalue weighted by Gasteiger charge is -2.29. The van der Waals surface area contributed by atoms with Gasteiger partial charge in [-0.05, 0) is 81.1 Å². The van der Waals surface area contributed by atoms with Gasteiger partial charge in [-0.15, -0.1) is 0 Å². The predicted octanol–water partition coefficient (Wildman–Crippen LogP) is 5.42. The van der Waals surface area contributed by atoms with Crippen molar-refractivity contribution in [2.75, 3.05) is 13.1 Å². The van der Waals surface area contributed by atoms with Crippen molar-refractivity contribution in [3.63, 3.8) is 0 Å². The van der Waals surface area contributed by atoms with E-state index in [1.165, 1.54) is 25.0 Å². The summed E-state index contributed by atoms with van der Waals surface area (Å²) >= 11 is 0. The molecule has 0 bridgehead atoms. The van der Waals surface area contributed by atoms with Gasteiger partial charge in [0.05, 0.1) is 5.56 Å². The van der Waals surface area contributed by atoms with Crippen molar-refractivity contribution in [2.24, 2.45) is 5.92 Å². The number of alkyl halides is 3. The number of nitrogens with zero attached hydrogens (tertiary/aromatic N) is 1. The molecule has 0 amide bonds. The first kappa shape index (κ1) is 18.0. The van der Waals surface area contributed by atoms with Crippen molar-refractivity contribution in [2.45, 2.75) is 69.5 Å². The van der Waals surface area contributed by atoms with Gasteiger partial charge < -0.3 is 4.90 Å². The van der Waals surface area contributed by atoms with Crippen LogP contribution in [0.25, 0.3) is 0 Å². The van der Waals surface area contributed by atoms with Crippen LogP contribution < -0.4 is 0 Å². The summed E-state index contributed by atoms with van der Waals surface area (Å²) in [4.78, 5) is 15.5. The summed E-state index contributed by atoms with van der Waals surface area (Å²) in [6.45, 7) is 2.26. The van der Waals surface area contributed by atoms with Gasteiger partial charge in [0, 0.05) is 18.0 Å². The first-order valence-corrected chi connectivity index (χ1v) is 9.92. The summed E-state index contributed by atoms with van der Waals surface area (Å²) in [5.74, 6) is 0.529. The lowest BCUT2D eigenvalue weighted by Crippen LogP contribution is -2.36. The number of Topliss-reactive ketones (excluding diaryl/α,β-unsaturated/α-hetero) is 1. The van der Waals surface area contributed by atoms with E-state index >= 15 is 0 Å². The Morgan fingerprint density at radius 3 is 2.42 bits per heavy atom. The highest BCUT2D eigenvalue weighted by atomic mass is 19.4. The fourth-order valence-electron chi connectivity index (χ4n) is 4.88. The second-order valence-electron chi connectivity index (χ2n) is 8.20. The Balaban J connectivity index is 1.52. The molecule has 5 heteroatoms. The number of ketones is 1. The van der Waals surface area contributed by atoms with Gasteiger partial charge in [0.15, 0.2) is 5.78 Å². The highest BCUT2D eigenvalue weighted by Crippen LogP contribution is 2.44. The van der Waals surface area contributed by atoms with E-state index < -0.39 is 11.7 Å². The SMILES string of the molecule is O=C(C[C@H]1CCC[C@H]1N1CCCC1)c1ccc(C(F)(F)F)cc1C1CC1. The van der Waals surface area contributed by atoms with Crippen molar-refractivity contribution >= 4 is 5.78 Å². The van der Waals surface area contributed by atoms with Gasteiger partial charge in [0.1, 0.15) is 0 Å². The molecule has 2 nitrogen and oxygen atoms in total. The lowest BCUT2D eigenvalue weighted by atomic mass is 9.89. The third-order valence-electron chi connectivity index (χ3n) is 6.37. The molecule has 0 radical (unpaired) electrons. The van der Waals surface area contributed by atoms with Crippen LogP contribution in [0.15, 0.2) is 18.2 Å². The summed E-state index contributed by atoms with van der Waals surface area (Å²) in [6.07, 6.45) is 3.75. The van der Waals surface area contributed by atoms with Crippen LogP contribution in [-0.2, 0) is 6.18 Å². The zero-order chi connectivity index (χ0) is 18.3. The normalized spacial score (nSPS) is 27.2. The lowest BCUT2D eigenvalue weighted by molar-refractivity contribution is -0.137. The molecule has 3 aliphatic rings. The molecule has 1 saturated heterocycles. The Morgan fingerprint density at radius 2 is 1.77 bits per heavy atom. The van der Waals surface area contributed by atoms with E-state index in [1.807, 2.05) is 0 Å². The maximum atomic E-state index is 13.0. The third-order valence-corrected chi connectivity index (χ3v) is 6.37. The summed E-state index contributed by atoms with van der Waals surface area (Å²) in [5.41, 5.74) is 0.528. The smallest absolute Gasteiger partial charge is 0.300 e. The average Bonchev–Trinajstić information content (AvgIpc) is 3.11. The van der Waals surface area contributed by atoms with E-state index in [0.717, 1.165) is 51.3 Å². The van der Waals surface area contributed by atoms with Gasteiger partial charge in [-0.25, -0.2) is 0 Å². The van der Waals surface area contributed by atoms with Gasteiger partial charge in [0.25, 0.3) is 0 Å².